The van der Waals surface area contributed by atoms with Gasteiger partial charge in [-0.2, -0.15) is 0 Å². The van der Waals surface area contributed by atoms with E-state index < -0.39 is 0 Å². The van der Waals surface area contributed by atoms with Gasteiger partial charge in [-0.3, -0.25) is 0 Å². The highest BCUT2D eigenvalue weighted by Crippen LogP contribution is 2.56. The van der Waals surface area contributed by atoms with Crippen molar-refractivity contribution in [2.45, 2.75) is 77.7 Å². The van der Waals surface area contributed by atoms with Crippen LogP contribution in [0.15, 0.2) is 40.5 Å². The van der Waals surface area contributed by atoms with Gasteiger partial charge >= 0.3 is 0 Å². The lowest BCUT2D eigenvalue weighted by atomic mass is 9.67. The normalized spacial score (nSPS) is 22.8. The minimum atomic E-state index is -0.242. The molecule has 0 radical (unpaired) electrons. The summed E-state index contributed by atoms with van der Waals surface area (Å²) in [4.78, 5) is 0. The Labute approximate surface area is 168 Å². The number of furan rings is 1. The maximum atomic E-state index is 11.5. The molecular weight excluding hydrogens is 348 g/mol. The first kappa shape index (κ1) is 19.2. The molecule has 2 aromatic rings. The van der Waals surface area contributed by atoms with E-state index in [1.165, 1.54) is 18.4 Å². The summed E-state index contributed by atoms with van der Waals surface area (Å²) >= 11 is 0. The summed E-state index contributed by atoms with van der Waals surface area (Å²) in [6, 6.07) is 5.99. The van der Waals surface area contributed by atoms with Crippen molar-refractivity contribution in [3.8, 4) is 22.8 Å². The largest absolute Gasteiger partial charge is 0.507 e. The number of hydrogen-bond acceptors (Lipinski definition) is 3. The van der Waals surface area contributed by atoms with Crippen LogP contribution in [0.4, 0.5) is 0 Å². The highest BCUT2D eigenvalue weighted by atomic mass is 16.5. The summed E-state index contributed by atoms with van der Waals surface area (Å²) in [6.07, 6.45) is 10.6. The second-order valence-electron chi connectivity index (χ2n) is 8.99. The van der Waals surface area contributed by atoms with E-state index in [-0.39, 0.29) is 11.5 Å². The molecule has 0 saturated carbocycles. The molecule has 2 atom stereocenters. The maximum Gasteiger partial charge on any atom is 0.137 e. The lowest BCUT2D eigenvalue weighted by molar-refractivity contribution is 0.0107. The van der Waals surface area contributed by atoms with E-state index in [1.807, 2.05) is 12.1 Å². The Hall–Kier alpha value is -2.16. The van der Waals surface area contributed by atoms with Gasteiger partial charge in [-0.15, -0.1) is 0 Å². The van der Waals surface area contributed by atoms with Crippen LogP contribution in [0.5, 0.6) is 11.5 Å². The number of phenolic OH excluding ortho intramolecular Hbond substituents is 1. The first-order valence-corrected chi connectivity index (χ1v) is 10.7. The summed E-state index contributed by atoms with van der Waals surface area (Å²) in [6.45, 7) is 8.79. The molecule has 28 heavy (non-hydrogen) atoms. The molecule has 4 rings (SSSR count). The van der Waals surface area contributed by atoms with Crippen LogP contribution >= 0.6 is 0 Å². The Morgan fingerprint density at radius 3 is 2.79 bits per heavy atom. The fourth-order valence-corrected chi connectivity index (χ4v) is 5.07. The number of unbranched alkanes of at least 4 members (excludes halogenated alkanes) is 2. The second-order valence-corrected chi connectivity index (χ2v) is 8.99. The molecule has 0 amide bonds. The molecule has 2 heterocycles. The van der Waals surface area contributed by atoms with Gasteiger partial charge in [-0.25, -0.2) is 0 Å². The number of fused-ring (bicyclic) bond motifs is 3. The lowest BCUT2D eigenvalue weighted by Crippen LogP contribution is -2.45. The molecular formula is C25H32O3. The van der Waals surface area contributed by atoms with Crippen LogP contribution in [0.3, 0.4) is 0 Å². The van der Waals surface area contributed by atoms with E-state index in [0.29, 0.717) is 11.7 Å². The molecule has 2 unspecified atom stereocenters. The standard InChI is InChI=1S/C25H32O3/c1-5-6-7-9-17-15-21-23(24(26)22(17)20-10-8-13-27-20)18-14-16(2)11-12-19(18)25(3,4)28-21/h8,10,13-15,18-19,26H,5-7,9,11-12H2,1-4H3. The zero-order valence-electron chi connectivity index (χ0n) is 17.5. The summed E-state index contributed by atoms with van der Waals surface area (Å²) in [7, 11) is 0. The summed E-state index contributed by atoms with van der Waals surface area (Å²) in [5.74, 6) is 2.48. The quantitative estimate of drug-likeness (QED) is 0.449. The predicted octanol–water partition coefficient (Wildman–Crippen LogP) is 7.00. The van der Waals surface area contributed by atoms with Crippen molar-refractivity contribution in [3.63, 3.8) is 0 Å². The average Bonchev–Trinajstić information content (AvgIpc) is 3.15. The van der Waals surface area contributed by atoms with E-state index in [9.17, 15) is 5.11 Å². The van der Waals surface area contributed by atoms with Crippen molar-refractivity contribution in [2.75, 3.05) is 0 Å². The smallest absolute Gasteiger partial charge is 0.137 e. The molecule has 3 heteroatoms. The van der Waals surface area contributed by atoms with Gasteiger partial charge in [-0.1, -0.05) is 31.4 Å². The van der Waals surface area contributed by atoms with Crippen LogP contribution in [-0.4, -0.2) is 10.7 Å². The lowest BCUT2D eigenvalue weighted by Gasteiger charge is -2.46. The maximum absolute atomic E-state index is 11.5. The molecule has 1 N–H and O–H groups in total. The highest BCUT2D eigenvalue weighted by Gasteiger charge is 2.46. The second kappa shape index (κ2) is 7.35. The third-order valence-electron chi connectivity index (χ3n) is 6.55. The summed E-state index contributed by atoms with van der Waals surface area (Å²) < 4.78 is 12.2. The molecule has 1 aromatic carbocycles. The third-order valence-corrected chi connectivity index (χ3v) is 6.55. The Morgan fingerprint density at radius 1 is 1.25 bits per heavy atom. The first-order chi connectivity index (χ1) is 13.4. The van der Waals surface area contributed by atoms with Crippen LogP contribution < -0.4 is 4.74 Å². The molecule has 0 spiro atoms. The number of hydrogen-bond donors (Lipinski definition) is 1. The Kier molecular flexibility index (Phi) is 5.03. The fourth-order valence-electron chi connectivity index (χ4n) is 5.07. The molecule has 3 nitrogen and oxygen atoms in total. The van der Waals surface area contributed by atoms with E-state index >= 15 is 0 Å². The van der Waals surface area contributed by atoms with Gasteiger partial charge in [0.1, 0.15) is 22.9 Å². The minimum Gasteiger partial charge on any atom is -0.507 e. The van der Waals surface area contributed by atoms with Gasteiger partial charge in [0.25, 0.3) is 0 Å². The van der Waals surface area contributed by atoms with Crippen molar-refractivity contribution in [1.82, 2.24) is 0 Å². The van der Waals surface area contributed by atoms with Crippen LogP contribution in [0.25, 0.3) is 11.3 Å². The van der Waals surface area contributed by atoms with Crippen molar-refractivity contribution < 1.29 is 14.3 Å². The van der Waals surface area contributed by atoms with Gasteiger partial charge in [0, 0.05) is 17.4 Å². The van der Waals surface area contributed by atoms with Gasteiger partial charge in [0.2, 0.25) is 0 Å². The number of allylic oxidation sites excluding steroid dienone is 2. The number of ether oxygens (including phenoxy) is 1. The highest BCUT2D eigenvalue weighted by molar-refractivity contribution is 5.75. The number of aromatic hydroxyl groups is 1. The van der Waals surface area contributed by atoms with Crippen LogP contribution in [-0.2, 0) is 6.42 Å². The molecule has 2 aliphatic rings. The number of phenols is 1. The van der Waals surface area contributed by atoms with E-state index in [2.05, 4.69) is 39.8 Å². The van der Waals surface area contributed by atoms with Gasteiger partial charge < -0.3 is 14.3 Å². The van der Waals surface area contributed by atoms with Crippen LogP contribution in [0, 0.1) is 5.92 Å². The number of benzene rings is 1. The third kappa shape index (κ3) is 3.25. The zero-order valence-corrected chi connectivity index (χ0v) is 17.5. The van der Waals surface area contributed by atoms with Crippen molar-refractivity contribution in [1.29, 1.82) is 0 Å². The molecule has 1 aromatic heterocycles. The van der Waals surface area contributed by atoms with Gasteiger partial charge in [-0.05, 0) is 70.2 Å². The van der Waals surface area contributed by atoms with Crippen molar-refractivity contribution >= 4 is 0 Å². The number of aryl methyl sites for hydroxylation is 1. The molecule has 0 bridgehead atoms. The van der Waals surface area contributed by atoms with Crippen molar-refractivity contribution in [3.05, 3.63) is 47.2 Å². The monoisotopic (exact) mass is 380 g/mol. The van der Waals surface area contributed by atoms with Gasteiger partial charge in [0.15, 0.2) is 0 Å². The van der Waals surface area contributed by atoms with Crippen LogP contribution in [0.1, 0.15) is 76.8 Å². The zero-order chi connectivity index (χ0) is 19.9. The minimum absolute atomic E-state index is 0.186. The summed E-state index contributed by atoms with van der Waals surface area (Å²) in [5.41, 5.74) is 4.06. The fraction of sp³-hybridized carbons (Fsp3) is 0.520. The van der Waals surface area contributed by atoms with Gasteiger partial charge in [0.05, 0.1) is 11.8 Å². The number of rotatable bonds is 5. The van der Waals surface area contributed by atoms with Crippen molar-refractivity contribution in [2.24, 2.45) is 5.92 Å². The first-order valence-electron chi connectivity index (χ1n) is 10.7. The Bertz CT molecular complexity index is 874. The topological polar surface area (TPSA) is 42.6 Å². The van der Waals surface area contributed by atoms with E-state index in [0.717, 1.165) is 53.9 Å². The SMILES string of the molecule is CCCCCc1cc2c(c(O)c1-c1ccco1)C1C=C(C)CCC1C(C)(C)O2. The average molecular weight is 381 g/mol. The van der Waals surface area contributed by atoms with E-state index in [4.69, 9.17) is 9.15 Å². The molecule has 0 fully saturated rings. The molecule has 0 saturated heterocycles. The van der Waals surface area contributed by atoms with E-state index in [1.54, 1.807) is 6.26 Å². The Balaban J connectivity index is 1.89. The summed E-state index contributed by atoms with van der Waals surface area (Å²) in [5, 5.41) is 11.5. The molecule has 1 aliphatic carbocycles. The molecule has 1 aliphatic heterocycles. The predicted molar refractivity (Wildman–Crippen MR) is 113 cm³/mol. The molecule has 150 valence electrons. The van der Waals surface area contributed by atoms with Crippen LogP contribution in [0.2, 0.25) is 0 Å². The Morgan fingerprint density at radius 2 is 2.07 bits per heavy atom.